The van der Waals surface area contributed by atoms with Crippen LogP contribution in [-0.2, 0) is 0 Å². The van der Waals surface area contributed by atoms with E-state index in [0.29, 0.717) is 0 Å². The monoisotopic (exact) mass is 227 g/mol. The molecule has 0 saturated heterocycles. The van der Waals surface area contributed by atoms with Crippen molar-refractivity contribution in [3.63, 3.8) is 0 Å². The number of nitrogens with one attached hydrogen (secondary N) is 1. The van der Waals surface area contributed by atoms with Crippen LogP contribution in [0.3, 0.4) is 0 Å². The van der Waals surface area contributed by atoms with Gasteiger partial charge in [-0.25, -0.2) is 8.78 Å². The molecule has 90 valence electrons. The van der Waals surface area contributed by atoms with Crippen LogP contribution in [0.4, 0.5) is 8.78 Å². The van der Waals surface area contributed by atoms with Crippen molar-refractivity contribution in [2.75, 3.05) is 0 Å². The zero-order valence-corrected chi connectivity index (χ0v) is 10.2. The molecule has 0 spiro atoms. The van der Waals surface area contributed by atoms with E-state index in [1.165, 1.54) is 12.5 Å². The van der Waals surface area contributed by atoms with Gasteiger partial charge >= 0.3 is 0 Å². The van der Waals surface area contributed by atoms with Gasteiger partial charge in [-0.05, 0) is 38.8 Å². The molecule has 0 saturated carbocycles. The van der Waals surface area contributed by atoms with Crippen LogP contribution in [0.15, 0.2) is 18.2 Å². The van der Waals surface area contributed by atoms with Gasteiger partial charge in [0.2, 0.25) is 0 Å². The van der Waals surface area contributed by atoms with E-state index in [-0.39, 0.29) is 6.04 Å². The molecular weight excluding hydrogens is 208 g/mol. The lowest BCUT2D eigenvalue weighted by Gasteiger charge is -2.21. The van der Waals surface area contributed by atoms with Gasteiger partial charge in [-0.2, -0.15) is 0 Å². The number of rotatable bonds is 4. The molecule has 0 amide bonds. The molecule has 16 heavy (non-hydrogen) atoms. The van der Waals surface area contributed by atoms with E-state index in [9.17, 15) is 8.78 Å². The number of hydrogen-bond donors (Lipinski definition) is 1. The molecule has 1 nitrogen and oxygen atoms in total. The van der Waals surface area contributed by atoms with Crippen molar-refractivity contribution in [1.29, 1.82) is 0 Å². The van der Waals surface area contributed by atoms with Gasteiger partial charge in [-0.1, -0.05) is 23.8 Å². The second-order valence-electron chi connectivity index (χ2n) is 4.37. The number of benzene rings is 1. The number of alkyl halides is 2. The molecule has 1 aromatic rings. The lowest BCUT2D eigenvalue weighted by molar-refractivity contribution is 0.101. The van der Waals surface area contributed by atoms with Crippen LogP contribution in [0.1, 0.15) is 36.6 Å². The van der Waals surface area contributed by atoms with E-state index in [2.05, 4.69) is 11.4 Å². The van der Waals surface area contributed by atoms with Crippen molar-refractivity contribution in [2.24, 2.45) is 0 Å². The normalized spacial score (nSPS) is 15.2. The summed E-state index contributed by atoms with van der Waals surface area (Å²) in [7, 11) is 0. The average molecular weight is 227 g/mol. The van der Waals surface area contributed by atoms with Gasteiger partial charge in [0.15, 0.2) is 0 Å². The van der Waals surface area contributed by atoms with Crippen LogP contribution in [0.5, 0.6) is 0 Å². The summed E-state index contributed by atoms with van der Waals surface area (Å²) in [4.78, 5) is 0. The minimum absolute atomic E-state index is 0.0513. The third-order valence-electron chi connectivity index (χ3n) is 2.78. The molecule has 0 aliphatic carbocycles. The van der Waals surface area contributed by atoms with Crippen LogP contribution < -0.4 is 5.32 Å². The highest BCUT2D eigenvalue weighted by molar-refractivity contribution is 5.32. The van der Waals surface area contributed by atoms with Gasteiger partial charge in [0.25, 0.3) is 6.43 Å². The van der Waals surface area contributed by atoms with Crippen molar-refractivity contribution < 1.29 is 8.78 Å². The Kier molecular flexibility index (Phi) is 4.42. The maximum Gasteiger partial charge on any atom is 0.253 e. The number of aryl methyl sites for hydroxylation is 2. The molecule has 0 radical (unpaired) electrons. The lowest BCUT2D eigenvalue weighted by atomic mass is 10.00. The molecule has 0 aliphatic rings. The second kappa shape index (κ2) is 5.39. The summed E-state index contributed by atoms with van der Waals surface area (Å²) in [6.45, 7) is 7.45. The SMILES string of the molecule is Cc1ccc(C(C)NC(C)C(F)F)c(C)c1. The Morgan fingerprint density at radius 1 is 1.12 bits per heavy atom. The first kappa shape index (κ1) is 13.1. The van der Waals surface area contributed by atoms with Gasteiger partial charge in [-0.3, -0.25) is 0 Å². The molecule has 1 rings (SSSR count). The summed E-state index contributed by atoms with van der Waals surface area (Å²) in [5.74, 6) is 0. The van der Waals surface area contributed by atoms with Gasteiger partial charge in [-0.15, -0.1) is 0 Å². The van der Waals surface area contributed by atoms with Crippen molar-refractivity contribution in [2.45, 2.75) is 46.2 Å². The van der Waals surface area contributed by atoms with Crippen LogP contribution >= 0.6 is 0 Å². The minimum Gasteiger partial charge on any atom is -0.302 e. The molecule has 3 heteroatoms. The van der Waals surface area contributed by atoms with Gasteiger partial charge in [0.1, 0.15) is 0 Å². The average Bonchev–Trinajstić information content (AvgIpc) is 2.16. The zero-order valence-electron chi connectivity index (χ0n) is 10.2. The molecule has 0 heterocycles. The summed E-state index contributed by atoms with van der Waals surface area (Å²) >= 11 is 0. The maximum atomic E-state index is 12.4. The van der Waals surface area contributed by atoms with E-state index in [1.807, 2.05) is 32.9 Å². The Labute approximate surface area is 95.9 Å². The van der Waals surface area contributed by atoms with E-state index in [1.54, 1.807) is 0 Å². The summed E-state index contributed by atoms with van der Waals surface area (Å²) < 4.78 is 24.8. The van der Waals surface area contributed by atoms with E-state index in [0.717, 1.165) is 11.1 Å². The van der Waals surface area contributed by atoms with Crippen molar-refractivity contribution >= 4 is 0 Å². The number of hydrogen-bond acceptors (Lipinski definition) is 1. The Morgan fingerprint density at radius 3 is 2.25 bits per heavy atom. The highest BCUT2D eigenvalue weighted by Crippen LogP contribution is 2.19. The number of halogens is 2. The van der Waals surface area contributed by atoms with E-state index < -0.39 is 12.5 Å². The lowest BCUT2D eigenvalue weighted by Crippen LogP contribution is -2.34. The quantitative estimate of drug-likeness (QED) is 0.828. The van der Waals surface area contributed by atoms with E-state index >= 15 is 0 Å². The van der Waals surface area contributed by atoms with Crippen molar-refractivity contribution in [3.8, 4) is 0 Å². The first-order valence-corrected chi connectivity index (χ1v) is 5.53. The smallest absolute Gasteiger partial charge is 0.253 e. The zero-order chi connectivity index (χ0) is 12.3. The molecule has 1 N–H and O–H groups in total. The first-order valence-electron chi connectivity index (χ1n) is 5.53. The topological polar surface area (TPSA) is 12.0 Å². The summed E-state index contributed by atoms with van der Waals surface area (Å²) in [6.07, 6.45) is -2.33. The van der Waals surface area contributed by atoms with E-state index in [4.69, 9.17) is 0 Å². The predicted molar refractivity (Wildman–Crippen MR) is 62.9 cm³/mol. The summed E-state index contributed by atoms with van der Waals surface area (Å²) in [5.41, 5.74) is 3.41. The molecule has 1 aromatic carbocycles. The Hall–Kier alpha value is -0.960. The largest absolute Gasteiger partial charge is 0.302 e. The van der Waals surface area contributed by atoms with Crippen LogP contribution in [0, 0.1) is 13.8 Å². The standard InChI is InChI=1S/C13H19F2N/c1-8-5-6-12(9(2)7-8)10(3)16-11(4)13(14)15/h5-7,10-11,13,16H,1-4H3. The molecular formula is C13H19F2N. The van der Waals surface area contributed by atoms with Crippen molar-refractivity contribution in [3.05, 3.63) is 34.9 Å². The Balaban J connectivity index is 2.76. The van der Waals surface area contributed by atoms with Crippen LogP contribution in [0.25, 0.3) is 0 Å². The minimum atomic E-state index is -2.33. The maximum absolute atomic E-state index is 12.4. The summed E-state index contributed by atoms with van der Waals surface area (Å²) in [6, 6.07) is 5.24. The fraction of sp³-hybridized carbons (Fsp3) is 0.538. The highest BCUT2D eigenvalue weighted by Gasteiger charge is 2.18. The Bertz CT molecular complexity index is 350. The molecule has 2 atom stereocenters. The van der Waals surface area contributed by atoms with Crippen LogP contribution in [-0.4, -0.2) is 12.5 Å². The Morgan fingerprint density at radius 2 is 1.75 bits per heavy atom. The molecule has 0 bridgehead atoms. The van der Waals surface area contributed by atoms with Gasteiger partial charge < -0.3 is 5.32 Å². The molecule has 0 fully saturated rings. The van der Waals surface area contributed by atoms with Crippen molar-refractivity contribution in [1.82, 2.24) is 5.32 Å². The molecule has 2 unspecified atom stereocenters. The molecule has 0 aromatic heterocycles. The van der Waals surface area contributed by atoms with Gasteiger partial charge in [0, 0.05) is 6.04 Å². The predicted octanol–water partition coefficient (Wildman–Crippen LogP) is 3.61. The highest BCUT2D eigenvalue weighted by atomic mass is 19.3. The third-order valence-corrected chi connectivity index (χ3v) is 2.78. The van der Waals surface area contributed by atoms with Crippen LogP contribution in [0.2, 0.25) is 0 Å². The fourth-order valence-electron chi connectivity index (χ4n) is 1.87. The summed E-state index contributed by atoms with van der Waals surface area (Å²) in [5, 5.41) is 2.91. The first-order chi connectivity index (χ1) is 7.41. The molecule has 0 aliphatic heterocycles. The third kappa shape index (κ3) is 3.27. The second-order valence-corrected chi connectivity index (χ2v) is 4.37. The van der Waals surface area contributed by atoms with Gasteiger partial charge in [0.05, 0.1) is 6.04 Å². The fourth-order valence-corrected chi connectivity index (χ4v) is 1.87.